The van der Waals surface area contributed by atoms with Crippen molar-refractivity contribution in [3.63, 3.8) is 0 Å². The Kier molecular flexibility index (Phi) is 2.56. The van der Waals surface area contributed by atoms with E-state index in [0.717, 1.165) is 11.4 Å². The Hall–Kier alpha value is -2.63. The second-order valence-electron chi connectivity index (χ2n) is 4.36. The zero-order chi connectivity index (χ0) is 13.4. The van der Waals surface area contributed by atoms with E-state index in [1.807, 2.05) is 24.1 Å². The van der Waals surface area contributed by atoms with E-state index in [1.165, 1.54) is 0 Å². The Morgan fingerprint density at radius 1 is 1.42 bits per heavy atom. The molecule has 2 aromatic heterocycles. The molecule has 3 aromatic rings. The maximum atomic E-state index is 11.1. The van der Waals surface area contributed by atoms with Crippen LogP contribution in [0.5, 0.6) is 0 Å². The van der Waals surface area contributed by atoms with Gasteiger partial charge < -0.3 is 19.5 Å². The van der Waals surface area contributed by atoms with Gasteiger partial charge in [-0.05, 0) is 18.2 Å². The topological polar surface area (TPSA) is 88.4 Å². The normalized spacial score (nSPS) is 11.0. The Morgan fingerprint density at radius 3 is 3.00 bits per heavy atom. The minimum atomic E-state index is -0.486. The van der Waals surface area contributed by atoms with E-state index >= 15 is 0 Å². The van der Waals surface area contributed by atoms with Crippen LogP contribution in [0.2, 0.25) is 0 Å². The van der Waals surface area contributed by atoms with Gasteiger partial charge in [0.25, 0.3) is 0 Å². The number of rotatable bonds is 3. The van der Waals surface area contributed by atoms with Gasteiger partial charge in [0.1, 0.15) is 5.76 Å². The minimum absolute atomic E-state index is 0.456. The lowest BCUT2D eigenvalue weighted by atomic mass is 10.2. The van der Waals surface area contributed by atoms with Crippen molar-refractivity contribution < 1.29 is 8.83 Å². The standard InChI is InChI=1S/C13H13N3O3/c1-16(7-8-3-2-4-18-8)11-6-10-12(5-9(11)14)19-13(17)15-10/h2-6H,7,14H2,1H3,(H,15,17). The van der Waals surface area contributed by atoms with E-state index in [-0.39, 0.29) is 0 Å². The third-order valence-corrected chi connectivity index (χ3v) is 2.95. The number of hydrogen-bond acceptors (Lipinski definition) is 5. The molecule has 98 valence electrons. The second kappa shape index (κ2) is 4.24. The summed E-state index contributed by atoms with van der Waals surface area (Å²) in [6, 6.07) is 7.16. The number of nitrogens with two attached hydrogens (primary N) is 1. The molecule has 0 atom stereocenters. The number of nitrogens with one attached hydrogen (secondary N) is 1. The van der Waals surface area contributed by atoms with Gasteiger partial charge in [-0.25, -0.2) is 4.79 Å². The molecule has 19 heavy (non-hydrogen) atoms. The molecule has 0 radical (unpaired) electrons. The third kappa shape index (κ3) is 2.08. The summed E-state index contributed by atoms with van der Waals surface area (Å²) in [6.45, 7) is 0.588. The third-order valence-electron chi connectivity index (χ3n) is 2.95. The molecule has 1 aromatic carbocycles. The average Bonchev–Trinajstić information content (AvgIpc) is 2.96. The van der Waals surface area contributed by atoms with E-state index in [0.29, 0.717) is 23.3 Å². The second-order valence-corrected chi connectivity index (χ2v) is 4.36. The fourth-order valence-corrected chi connectivity index (χ4v) is 2.05. The summed E-state index contributed by atoms with van der Waals surface area (Å²) in [5, 5.41) is 0. The number of H-pyrrole nitrogens is 1. The first kappa shape index (κ1) is 11.5. The molecule has 0 aliphatic rings. The predicted octanol–water partition coefficient (Wildman–Crippen LogP) is 1.93. The summed E-state index contributed by atoms with van der Waals surface area (Å²) >= 11 is 0. The molecule has 0 bridgehead atoms. The van der Waals surface area contributed by atoms with Crippen LogP contribution in [0.3, 0.4) is 0 Å². The number of oxazole rings is 1. The molecule has 0 unspecified atom stereocenters. The first-order valence-electron chi connectivity index (χ1n) is 5.79. The number of nitrogen functional groups attached to an aromatic ring is 1. The Bertz CT molecular complexity index is 755. The average molecular weight is 259 g/mol. The van der Waals surface area contributed by atoms with E-state index in [1.54, 1.807) is 18.4 Å². The van der Waals surface area contributed by atoms with Crippen LogP contribution >= 0.6 is 0 Å². The molecule has 0 saturated heterocycles. The van der Waals surface area contributed by atoms with Gasteiger partial charge in [0.15, 0.2) is 5.58 Å². The number of benzene rings is 1. The minimum Gasteiger partial charge on any atom is -0.467 e. The Balaban J connectivity index is 1.99. The molecule has 0 aliphatic carbocycles. The molecular weight excluding hydrogens is 246 g/mol. The zero-order valence-corrected chi connectivity index (χ0v) is 10.3. The maximum absolute atomic E-state index is 11.1. The number of anilines is 2. The number of nitrogens with zero attached hydrogens (tertiary/aromatic N) is 1. The lowest BCUT2D eigenvalue weighted by Crippen LogP contribution is -2.17. The van der Waals surface area contributed by atoms with Gasteiger partial charge >= 0.3 is 5.76 Å². The summed E-state index contributed by atoms with van der Waals surface area (Å²) in [6.07, 6.45) is 1.63. The number of aromatic nitrogens is 1. The molecule has 0 aliphatic heterocycles. The van der Waals surface area contributed by atoms with Gasteiger partial charge in [-0.1, -0.05) is 0 Å². The van der Waals surface area contributed by atoms with Crippen molar-refractivity contribution in [3.05, 3.63) is 46.8 Å². The van der Waals surface area contributed by atoms with Crippen LogP contribution in [0.1, 0.15) is 5.76 Å². The molecule has 3 rings (SSSR count). The monoisotopic (exact) mass is 259 g/mol. The molecule has 0 fully saturated rings. The quantitative estimate of drug-likeness (QED) is 0.702. The highest BCUT2D eigenvalue weighted by Crippen LogP contribution is 2.28. The first-order valence-corrected chi connectivity index (χ1v) is 5.79. The molecule has 6 heteroatoms. The summed E-state index contributed by atoms with van der Waals surface area (Å²) in [5.41, 5.74) is 8.41. The van der Waals surface area contributed by atoms with Crippen molar-refractivity contribution in [1.29, 1.82) is 0 Å². The Morgan fingerprint density at radius 2 is 2.26 bits per heavy atom. The van der Waals surface area contributed by atoms with E-state index in [9.17, 15) is 4.79 Å². The van der Waals surface area contributed by atoms with Gasteiger partial charge in [0, 0.05) is 13.1 Å². The lowest BCUT2D eigenvalue weighted by Gasteiger charge is -2.19. The highest BCUT2D eigenvalue weighted by molar-refractivity contribution is 5.85. The van der Waals surface area contributed by atoms with Crippen LogP contribution in [-0.2, 0) is 6.54 Å². The first-order chi connectivity index (χ1) is 9.13. The molecule has 0 saturated carbocycles. The SMILES string of the molecule is CN(Cc1ccco1)c1cc2[nH]c(=O)oc2cc1N. The summed E-state index contributed by atoms with van der Waals surface area (Å²) in [7, 11) is 1.90. The molecule has 2 heterocycles. The molecule has 3 N–H and O–H groups in total. The molecule has 0 amide bonds. The van der Waals surface area contributed by atoms with Crippen LogP contribution in [0.15, 0.2) is 44.2 Å². The van der Waals surface area contributed by atoms with Crippen LogP contribution in [0.25, 0.3) is 11.1 Å². The summed E-state index contributed by atoms with van der Waals surface area (Å²) in [4.78, 5) is 15.7. The van der Waals surface area contributed by atoms with E-state index in [4.69, 9.17) is 14.6 Å². The maximum Gasteiger partial charge on any atom is 0.417 e. The number of fused-ring (bicyclic) bond motifs is 1. The largest absolute Gasteiger partial charge is 0.467 e. The van der Waals surface area contributed by atoms with Crippen molar-refractivity contribution in [3.8, 4) is 0 Å². The predicted molar refractivity (Wildman–Crippen MR) is 72.1 cm³/mol. The van der Waals surface area contributed by atoms with Crippen molar-refractivity contribution in [1.82, 2.24) is 4.98 Å². The van der Waals surface area contributed by atoms with Crippen LogP contribution < -0.4 is 16.4 Å². The molecule has 6 nitrogen and oxygen atoms in total. The fraction of sp³-hybridized carbons (Fsp3) is 0.154. The Labute approximate surface area is 108 Å². The van der Waals surface area contributed by atoms with E-state index < -0.39 is 5.76 Å². The van der Waals surface area contributed by atoms with Crippen molar-refractivity contribution in [2.75, 3.05) is 17.7 Å². The molecular formula is C13H13N3O3. The van der Waals surface area contributed by atoms with Crippen molar-refractivity contribution in [2.45, 2.75) is 6.54 Å². The van der Waals surface area contributed by atoms with Gasteiger partial charge in [-0.15, -0.1) is 0 Å². The van der Waals surface area contributed by atoms with E-state index in [2.05, 4.69) is 4.98 Å². The lowest BCUT2D eigenvalue weighted by molar-refractivity contribution is 0.507. The van der Waals surface area contributed by atoms with Crippen LogP contribution in [0, 0.1) is 0 Å². The van der Waals surface area contributed by atoms with Gasteiger partial charge in [0.2, 0.25) is 0 Å². The fourth-order valence-electron chi connectivity index (χ4n) is 2.05. The van der Waals surface area contributed by atoms with Gasteiger partial charge in [0.05, 0.1) is 29.7 Å². The number of furan rings is 1. The van der Waals surface area contributed by atoms with Crippen molar-refractivity contribution >= 4 is 22.5 Å². The number of aromatic amines is 1. The summed E-state index contributed by atoms with van der Waals surface area (Å²) < 4.78 is 10.3. The zero-order valence-electron chi connectivity index (χ0n) is 10.3. The number of hydrogen-bond donors (Lipinski definition) is 2. The van der Waals surface area contributed by atoms with Crippen LogP contribution in [-0.4, -0.2) is 12.0 Å². The highest BCUT2D eigenvalue weighted by atomic mass is 16.4. The van der Waals surface area contributed by atoms with Crippen LogP contribution in [0.4, 0.5) is 11.4 Å². The van der Waals surface area contributed by atoms with Gasteiger partial charge in [-0.3, -0.25) is 4.98 Å². The molecule has 0 spiro atoms. The van der Waals surface area contributed by atoms with Gasteiger partial charge in [-0.2, -0.15) is 0 Å². The smallest absolute Gasteiger partial charge is 0.417 e. The van der Waals surface area contributed by atoms with Crippen molar-refractivity contribution in [2.24, 2.45) is 0 Å². The summed E-state index contributed by atoms with van der Waals surface area (Å²) in [5.74, 6) is 0.350. The highest BCUT2D eigenvalue weighted by Gasteiger charge is 2.11.